The zero-order valence-electron chi connectivity index (χ0n) is 10.8. The molecule has 0 aliphatic heterocycles. The molecule has 0 saturated carbocycles. The van der Waals surface area contributed by atoms with E-state index in [1.807, 2.05) is 0 Å². The minimum atomic E-state index is 0. The van der Waals surface area contributed by atoms with Crippen molar-refractivity contribution in [1.82, 2.24) is 0 Å². The summed E-state index contributed by atoms with van der Waals surface area (Å²) in [6, 6.07) is 4.11. The standard InChI is InChI=1S/C13H20N2.2ClH/c1-12(2)7-13(3,4)9-6-11(15)10(14)5-8(9)12;;/h5-6H,7,14-15H2,1-4H3;2*1H. The van der Waals surface area contributed by atoms with Crippen LogP contribution < -0.4 is 11.5 Å². The van der Waals surface area contributed by atoms with Crippen molar-refractivity contribution in [3.63, 3.8) is 0 Å². The number of nitrogens with two attached hydrogens (primary N) is 2. The van der Waals surface area contributed by atoms with Gasteiger partial charge in [0.15, 0.2) is 0 Å². The molecule has 4 N–H and O–H groups in total. The molecule has 0 heterocycles. The van der Waals surface area contributed by atoms with Gasteiger partial charge in [-0.3, -0.25) is 0 Å². The van der Waals surface area contributed by atoms with E-state index in [-0.39, 0.29) is 35.6 Å². The molecule has 0 spiro atoms. The van der Waals surface area contributed by atoms with E-state index in [0.717, 1.165) is 6.42 Å². The van der Waals surface area contributed by atoms with Crippen molar-refractivity contribution in [2.45, 2.75) is 44.9 Å². The number of fused-ring (bicyclic) bond motifs is 1. The maximum absolute atomic E-state index is 5.88. The summed E-state index contributed by atoms with van der Waals surface area (Å²) >= 11 is 0. The van der Waals surface area contributed by atoms with Crippen molar-refractivity contribution in [3.8, 4) is 0 Å². The average molecular weight is 277 g/mol. The van der Waals surface area contributed by atoms with Crippen LogP contribution in [0.2, 0.25) is 0 Å². The van der Waals surface area contributed by atoms with Gasteiger partial charge in [0.25, 0.3) is 0 Å². The third-order valence-corrected chi connectivity index (χ3v) is 3.57. The highest BCUT2D eigenvalue weighted by atomic mass is 35.5. The summed E-state index contributed by atoms with van der Waals surface area (Å²) in [7, 11) is 0. The molecule has 0 saturated heterocycles. The van der Waals surface area contributed by atoms with Crippen LogP contribution in [0.25, 0.3) is 0 Å². The van der Waals surface area contributed by atoms with E-state index in [4.69, 9.17) is 11.5 Å². The fourth-order valence-corrected chi connectivity index (χ4v) is 3.05. The first kappa shape index (κ1) is 16.4. The Morgan fingerprint density at radius 3 is 1.41 bits per heavy atom. The van der Waals surface area contributed by atoms with Crippen LogP contribution in [0.4, 0.5) is 11.4 Å². The summed E-state index contributed by atoms with van der Waals surface area (Å²) in [6.07, 6.45) is 1.15. The Kier molecular flexibility index (Phi) is 4.42. The van der Waals surface area contributed by atoms with Gasteiger partial charge in [-0.2, -0.15) is 0 Å². The van der Waals surface area contributed by atoms with Crippen LogP contribution in [-0.4, -0.2) is 0 Å². The van der Waals surface area contributed by atoms with E-state index < -0.39 is 0 Å². The van der Waals surface area contributed by atoms with Crippen LogP contribution >= 0.6 is 24.8 Å². The Bertz CT molecular complexity index is 387. The van der Waals surface area contributed by atoms with Crippen molar-refractivity contribution in [2.75, 3.05) is 11.5 Å². The van der Waals surface area contributed by atoms with E-state index in [1.54, 1.807) is 0 Å². The van der Waals surface area contributed by atoms with E-state index in [1.165, 1.54) is 11.1 Å². The molecule has 1 aliphatic rings. The maximum atomic E-state index is 5.88. The maximum Gasteiger partial charge on any atom is 0.0550 e. The highest BCUT2D eigenvalue weighted by Gasteiger charge is 2.42. The molecule has 1 aliphatic carbocycles. The zero-order valence-corrected chi connectivity index (χ0v) is 12.5. The van der Waals surface area contributed by atoms with Crippen LogP contribution in [0.5, 0.6) is 0 Å². The highest BCUT2D eigenvalue weighted by molar-refractivity contribution is 5.85. The van der Waals surface area contributed by atoms with Gasteiger partial charge >= 0.3 is 0 Å². The zero-order chi connectivity index (χ0) is 11.4. The van der Waals surface area contributed by atoms with Crippen molar-refractivity contribution in [2.24, 2.45) is 0 Å². The first-order valence-electron chi connectivity index (χ1n) is 5.44. The summed E-state index contributed by atoms with van der Waals surface area (Å²) in [4.78, 5) is 0. The molecule has 1 aromatic carbocycles. The second kappa shape index (κ2) is 4.58. The average Bonchev–Trinajstić information content (AvgIpc) is 2.21. The van der Waals surface area contributed by atoms with Crippen molar-refractivity contribution in [1.29, 1.82) is 0 Å². The van der Waals surface area contributed by atoms with E-state index >= 15 is 0 Å². The number of hydrogen-bond acceptors (Lipinski definition) is 2. The van der Waals surface area contributed by atoms with Gasteiger partial charge in [-0.05, 0) is 40.5 Å². The summed E-state index contributed by atoms with van der Waals surface area (Å²) in [5.41, 5.74) is 16.3. The third-order valence-electron chi connectivity index (χ3n) is 3.57. The lowest BCUT2D eigenvalue weighted by atomic mass is 9.82. The Morgan fingerprint density at radius 2 is 1.12 bits per heavy atom. The van der Waals surface area contributed by atoms with E-state index in [0.29, 0.717) is 11.4 Å². The molecule has 0 amide bonds. The molecule has 2 nitrogen and oxygen atoms in total. The molecule has 0 radical (unpaired) electrons. The van der Waals surface area contributed by atoms with Crippen LogP contribution in [0.1, 0.15) is 45.2 Å². The predicted octanol–water partition coefficient (Wildman–Crippen LogP) is 3.65. The van der Waals surface area contributed by atoms with Gasteiger partial charge in [-0.15, -0.1) is 24.8 Å². The minimum absolute atomic E-state index is 0. The minimum Gasteiger partial charge on any atom is -0.397 e. The van der Waals surface area contributed by atoms with E-state index in [9.17, 15) is 0 Å². The molecule has 1 aromatic rings. The van der Waals surface area contributed by atoms with Gasteiger partial charge in [0.05, 0.1) is 11.4 Å². The second-order valence-electron chi connectivity index (χ2n) is 5.97. The van der Waals surface area contributed by atoms with Crippen molar-refractivity contribution in [3.05, 3.63) is 23.3 Å². The third kappa shape index (κ3) is 2.48. The van der Waals surface area contributed by atoms with Gasteiger partial charge in [0, 0.05) is 0 Å². The van der Waals surface area contributed by atoms with Crippen molar-refractivity contribution < 1.29 is 0 Å². The van der Waals surface area contributed by atoms with Gasteiger partial charge in [-0.1, -0.05) is 27.7 Å². The highest BCUT2D eigenvalue weighted by Crippen LogP contribution is 2.50. The van der Waals surface area contributed by atoms with Crippen LogP contribution in [0, 0.1) is 0 Å². The number of rotatable bonds is 0. The molecule has 0 unspecified atom stereocenters. The molecule has 0 aromatic heterocycles. The fourth-order valence-electron chi connectivity index (χ4n) is 3.05. The Labute approximate surface area is 116 Å². The molecule has 0 fully saturated rings. The summed E-state index contributed by atoms with van der Waals surface area (Å²) in [5, 5.41) is 0. The van der Waals surface area contributed by atoms with Gasteiger partial charge in [0.1, 0.15) is 0 Å². The van der Waals surface area contributed by atoms with E-state index in [2.05, 4.69) is 39.8 Å². The fraction of sp³-hybridized carbons (Fsp3) is 0.538. The van der Waals surface area contributed by atoms with Gasteiger partial charge in [0.2, 0.25) is 0 Å². The number of nitrogen functional groups attached to an aromatic ring is 2. The predicted molar refractivity (Wildman–Crippen MR) is 80.4 cm³/mol. The van der Waals surface area contributed by atoms with Gasteiger partial charge < -0.3 is 11.5 Å². The number of benzene rings is 1. The quantitative estimate of drug-likeness (QED) is 0.711. The van der Waals surface area contributed by atoms with Crippen molar-refractivity contribution >= 4 is 36.2 Å². The summed E-state index contributed by atoms with van der Waals surface area (Å²) < 4.78 is 0. The topological polar surface area (TPSA) is 52.0 Å². The SMILES string of the molecule is CC1(C)CC(C)(C)c2cc(N)c(N)cc21.Cl.Cl. The molecule has 2 rings (SSSR count). The summed E-state index contributed by atoms with van der Waals surface area (Å²) in [6.45, 7) is 9.10. The largest absolute Gasteiger partial charge is 0.397 e. The normalized spacial score (nSPS) is 18.8. The first-order chi connectivity index (χ1) is 6.74. The number of halogens is 2. The Hall–Kier alpha value is -0.600. The molecule has 17 heavy (non-hydrogen) atoms. The smallest absolute Gasteiger partial charge is 0.0550 e. The molecule has 98 valence electrons. The molecule has 0 atom stereocenters. The van der Waals surface area contributed by atoms with Crippen LogP contribution in [-0.2, 0) is 10.8 Å². The lowest BCUT2D eigenvalue weighted by Gasteiger charge is -2.22. The second-order valence-corrected chi connectivity index (χ2v) is 5.97. The lowest BCUT2D eigenvalue weighted by molar-refractivity contribution is 0.403. The van der Waals surface area contributed by atoms with Gasteiger partial charge in [-0.25, -0.2) is 0 Å². The monoisotopic (exact) mass is 276 g/mol. The molecule has 4 heteroatoms. The molecule has 0 bridgehead atoms. The molecular weight excluding hydrogens is 255 g/mol. The van der Waals surface area contributed by atoms with Crippen LogP contribution in [0.15, 0.2) is 12.1 Å². The van der Waals surface area contributed by atoms with Crippen LogP contribution in [0.3, 0.4) is 0 Å². The number of hydrogen-bond donors (Lipinski definition) is 2. The number of anilines is 2. The lowest BCUT2D eigenvalue weighted by Crippen LogP contribution is -2.18. The Morgan fingerprint density at radius 1 is 0.824 bits per heavy atom. The molecular formula is C13H22Cl2N2. The summed E-state index contributed by atoms with van der Waals surface area (Å²) in [5.74, 6) is 0. The Balaban J connectivity index is 0.00000128. The first-order valence-corrected chi connectivity index (χ1v) is 5.44.